The summed E-state index contributed by atoms with van der Waals surface area (Å²) in [5, 5.41) is 19.6. The van der Waals surface area contributed by atoms with E-state index in [-0.39, 0.29) is 12.3 Å². The molecule has 0 bridgehead atoms. The summed E-state index contributed by atoms with van der Waals surface area (Å²) in [7, 11) is 0. The molecule has 28 heavy (non-hydrogen) atoms. The van der Waals surface area contributed by atoms with Crippen LogP contribution in [0.15, 0.2) is 24.3 Å². The average molecular weight is 400 g/mol. The lowest BCUT2D eigenvalue weighted by Crippen LogP contribution is -2.48. The van der Waals surface area contributed by atoms with Gasteiger partial charge in [0.25, 0.3) is 0 Å². The maximum Gasteiger partial charge on any atom is 0.223 e. The molecule has 1 aromatic heterocycles. The van der Waals surface area contributed by atoms with Crippen LogP contribution in [0, 0.1) is 16.1 Å². The number of hydrogen-bond donors (Lipinski definition) is 2. The fraction of sp³-hybridized carbons (Fsp3) is 0.500. The molecule has 1 fully saturated rings. The number of benzene rings is 1. The number of nitrogens with one attached hydrogen (secondary N) is 2. The molecule has 0 atom stereocenters. The zero-order valence-electron chi connectivity index (χ0n) is 16.0. The van der Waals surface area contributed by atoms with E-state index < -0.39 is 5.54 Å². The quantitative estimate of drug-likeness (QED) is 0.692. The van der Waals surface area contributed by atoms with Crippen LogP contribution in [-0.4, -0.2) is 32.8 Å². The maximum absolute atomic E-state index is 12.5. The lowest BCUT2D eigenvalue weighted by molar-refractivity contribution is -0.123. The highest BCUT2D eigenvalue weighted by molar-refractivity contribution is 7.71. The number of H-pyrrole nitrogens is 1. The second kappa shape index (κ2) is 9.02. The second-order valence-electron chi connectivity index (χ2n) is 7.01. The fourth-order valence-electron chi connectivity index (χ4n) is 3.58. The van der Waals surface area contributed by atoms with Crippen LogP contribution in [0.4, 0.5) is 0 Å². The molecule has 1 aliphatic rings. The third-order valence-electron chi connectivity index (χ3n) is 5.04. The van der Waals surface area contributed by atoms with Crippen LogP contribution in [0.3, 0.4) is 0 Å². The van der Waals surface area contributed by atoms with E-state index in [1.807, 2.05) is 35.8 Å². The van der Waals surface area contributed by atoms with Crippen molar-refractivity contribution in [3.05, 3.63) is 29.0 Å². The molecule has 1 aromatic carbocycles. The van der Waals surface area contributed by atoms with E-state index in [2.05, 4.69) is 21.6 Å². The van der Waals surface area contributed by atoms with Gasteiger partial charge < -0.3 is 10.1 Å². The van der Waals surface area contributed by atoms with Gasteiger partial charge in [0.2, 0.25) is 5.91 Å². The first kappa shape index (κ1) is 20.1. The number of carbonyl (C=O) groups excluding carboxylic acids is 1. The number of aromatic amines is 1. The van der Waals surface area contributed by atoms with E-state index in [1.54, 1.807) is 0 Å². The molecule has 1 aliphatic carbocycles. The standard InChI is InChI=1S/C20H25N5O2S/c1-2-27-16-8-6-15(7-9-16)18-23-24-19(28)25(18)13-10-17(26)22-20(14-21)11-4-3-5-12-20/h6-9H,2-5,10-13H2,1H3,(H,22,26)(H,24,28). The molecule has 1 heterocycles. The zero-order valence-corrected chi connectivity index (χ0v) is 16.8. The Kier molecular flexibility index (Phi) is 6.47. The predicted molar refractivity (Wildman–Crippen MR) is 108 cm³/mol. The lowest BCUT2D eigenvalue weighted by Gasteiger charge is -2.31. The SMILES string of the molecule is CCOc1ccc(-c2n[nH]c(=S)n2CCC(=O)NC2(C#N)CCCCC2)cc1. The summed E-state index contributed by atoms with van der Waals surface area (Å²) < 4.78 is 7.74. The van der Waals surface area contributed by atoms with Crippen LogP contribution in [0.5, 0.6) is 5.75 Å². The average Bonchev–Trinajstić information content (AvgIpc) is 3.08. The van der Waals surface area contributed by atoms with Gasteiger partial charge in [-0.3, -0.25) is 14.5 Å². The molecule has 1 saturated carbocycles. The van der Waals surface area contributed by atoms with Crippen LogP contribution in [-0.2, 0) is 11.3 Å². The minimum absolute atomic E-state index is 0.135. The van der Waals surface area contributed by atoms with Crippen molar-refractivity contribution >= 4 is 18.1 Å². The van der Waals surface area contributed by atoms with Crippen molar-refractivity contribution < 1.29 is 9.53 Å². The normalized spacial score (nSPS) is 15.6. The Balaban J connectivity index is 1.68. The Morgan fingerprint density at radius 2 is 2.07 bits per heavy atom. The monoisotopic (exact) mass is 399 g/mol. The lowest BCUT2D eigenvalue weighted by atomic mass is 9.83. The highest BCUT2D eigenvalue weighted by Gasteiger charge is 2.33. The summed E-state index contributed by atoms with van der Waals surface area (Å²) in [6.45, 7) is 2.94. The summed E-state index contributed by atoms with van der Waals surface area (Å²) >= 11 is 5.33. The molecule has 0 aliphatic heterocycles. The summed E-state index contributed by atoms with van der Waals surface area (Å²) in [4.78, 5) is 12.5. The highest BCUT2D eigenvalue weighted by atomic mass is 32.1. The molecule has 1 amide bonds. The van der Waals surface area contributed by atoms with Gasteiger partial charge in [0.05, 0.1) is 12.7 Å². The number of carbonyl (C=O) groups is 1. The van der Waals surface area contributed by atoms with Crippen molar-refractivity contribution in [3.63, 3.8) is 0 Å². The van der Waals surface area contributed by atoms with E-state index in [9.17, 15) is 10.1 Å². The summed E-state index contributed by atoms with van der Waals surface area (Å²) in [5.41, 5.74) is 0.169. The number of aromatic nitrogens is 3. The van der Waals surface area contributed by atoms with Gasteiger partial charge in [-0.1, -0.05) is 19.3 Å². The Morgan fingerprint density at radius 1 is 1.36 bits per heavy atom. The molecular weight excluding hydrogens is 374 g/mol. The largest absolute Gasteiger partial charge is 0.494 e. The van der Waals surface area contributed by atoms with E-state index >= 15 is 0 Å². The molecule has 0 unspecified atom stereocenters. The van der Waals surface area contributed by atoms with Crippen molar-refractivity contribution in [1.29, 1.82) is 5.26 Å². The Labute approximate surface area is 169 Å². The van der Waals surface area contributed by atoms with Crippen LogP contribution in [0.1, 0.15) is 45.4 Å². The van der Waals surface area contributed by atoms with Gasteiger partial charge >= 0.3 is 0 Å². The van der Waals surface area contributed by atoms with Crippen molar-refractivity contribution in [2.45, 2.75) is 57.5 Å². The first-order valence-electron chi connectivity index (χ1n) is 9.67. The third-order valence-corrected chi connectivity index (χ3v) is 5.36. The van der Waals surface area contributed by atoms with Gasteiger partial charge in [-0.05, 0) is 56.2 Å². The minimum Gasteiger partial charge on any atom is -0.494 e. The van der Waals surface area contributed by atoms with Crippen LogP contribution < -0.4 is 10.1 Å². The van der Waals surface area contributed by atoms with Gasteiger partial charge in [-0.2, -0.15) is 10.4 Å². The number of ether oxygens (including phenoxy) is 1. The van der Waals surface area contributed by atoms with Crippen molar-refractivity contribution in [2.24, 2.45) is 0 Å². The third kappa shape index (κ3) is 4.60. The van der Waals surface area contributed by atoms with E-state index in [4.69, 9.17) is 17.0 Å². The number of amides is 1. The summed E-state index contributed by atoms with van der Waals surface area (Å²) in [5.74, 6) is 1.33. The molecule has 3 rings (SSSR count). The molecular formula is C20H25N5O2S. The second-order valence-corrected chi connectivity index (χ2v) is 7.40. The van der Waals surface area contributed by atoms with Crippen LogP contribution in [0.25, 0.3) is 11.4 Å². The Bertz CT molecular complexity index is 904. The van der Waals surface area contributed by atoms with E-state index in [0.29, 0.717) is 23.7 Å². The Morgan fingerprint density at radius 3 is 2.71 bits per heavy atom. The van der Waals surface area contributed by atoms with Crippen molar-refractivity contribution in [1.82, 2.24) is 20.1 Å². The number of hydrogen-bond acceptors (Lipinski definition) is 5. The summed E-state index contributed by atoms with van der Waals surface area (Å²) in [6, 6.07) is 9.91. The number of rotatable bonds is 7. The number of nitrogens with zero attached hydrogens (tertiary/aromatic N) is 3. The van der Waals surface area contributed by atoms with Gasteiger partial charge in [0.15, 0.2) is 10.6 Å². The fourth-order valence-corrected chi connectivity index (χ4v) is 3.80. The van der Waals surface area contributed by atoms with E-state index in [1.165, 1.54) is 0 Å². The van der Waals surface area contributed by atoms with Crippen molar-refractivity contribution in [3.8, 4) is 23.2 Å². The van der Waals surface area contributed by atoms with Gasteiger partial charge in [-0.15, -0.1) is 0 Å². The molecule has 0 saturated heterocycles. The topological polar surface area (TPSA) is 95.7 Å². The smallest absolute Gasteiger partial charge is 0.223 e. The van der Waals surface area contributed by atoms with Crippen LogP contribution >= 0.6 is 12.2 Å². The first-order valence-corrected chi connectivity index (χ1v) is 10.1. The van der Waals surface area contributed by atoms with Crippen molar-refractivity contribution in [2.75, 3.05) is 6.61 Å². The van der Waals surface area contributed by atoms with E-state index in [0.717, 1.165) is 43.4 Å². The predicted octanol–water partition coefficient (Wildman–Crippen LogP) is 3.74. The minimum atomic E-state index is -0.717. The molecule has 8 heteroatoms. The molecule has 2 aromatic rings. The number of nitriles is 1. The molecule has 0 spiro atoms. The van der Waals surface area contributed by atoms with Gasteiger partial charge in [-0.25, -0.2) is 0 Å². The van der Waals surface area contributed by atoms with Gasteiger partial charge in [0, 0.05) is 18.5 Å². The van der Waals surface area contributed by atoms with Crippen LogP contribution in [0.2, 0.25) is 0 Å². The first-order chi connectivity index (χ1) is 13.6. The summed E-state index contributed by atoms with van der Waals surface area (Å²) in [6.07, 6.45) is 4.75. The molecule has 7 nitrogen and oxygen atoms in total. The maximum atomic E-state index is 12.5. The molecule has 0 radical (unpaired) electrons. The highest BCUT2D eigenvalue weighted by Crippen LogP contribution is 2.27. The Hall–Kier alpha value is -2.66. The zero-order chi connectivity index (χ0) is 20.0. The molecule has 148 valence electrons. The molecule has 2 N–H and O–H groups in total. The van der Waals surface area contributed by atoms with Gasteiger partial charge in [0.1, 0.15) is 11.3 Å².